The molecule has 0 atom stereocenters. The van der Waals surface area contributed by atoms with Crippen LogP contribution in [-0.2, 0) is 11.3 Å². The summed E-state index contributed by atoms with van der Waals surface area (Å²) in [5, 5.41) is 0.878. The lowest BCUT2D eigenvalue weighted by molar-refractivity contribution is 0.204. The molecule has 3 heterocycles. The van der Waals surface area contributed by atoms with E-state index < -0.39 is 11.6 Å². The van der Waals surface area contributed by atoms with E-state index in [0.29, 0.717) is 39.4 Å². The summed E-state index contributed by atoms with van der Waals surface area (Å²) in [5.74, 6) is 0.0247. The number of nitrogens with zero attached hydrogens (tertiary/aromatic N) is 4. The first kappa shape index (κ1) is 24.1. The van der Waals surface area contributed by atoms with Crippen LogP contribution in [0.15, 0.2) is 65.3 Å². The van der Waals surface area contributed by atoms with Crippen LogP contribution >= 0.6 is 23.2 Å². The van der Waals surface area contributed by atoms with Gasteiger partial charge in [-0.3, -0.25) is 4.98 Å². The van der Waals surface area contributed by atoms with E-state index in [2.05, 4.69) is 15.0 Å². The monoisotopic (exact) mass is 502 g/mol. The Bertz CT molecular complexity index is 1290. The van der Waals surface area contributed by atoms with E-state index in [4.69, 9.17) is 27.9 Å². The van der Waals surface area contributed by atoms with Crippen molar-refractivity contribution in [1.29, 1.82) is 0 Å². The third-order valence-electron chi connectivity index (χ3n) is 5.31. The maximum atomic E-state index is 13.9. The summed E-state index contributed by atoms with van der Waals surface area (Å²) in [7, 11) is 0. The van der Waals surface area contributed by atoms with Gasteiger partial charge >= 0.3 is 0 Å². The molecule has 5 nitrogen and oxygen atoms in total. The van der Waals surface area contributed by atoms with E-state index in [9.17, 15) is 8.78 Å². The summed E-state index contributed by atoms with van der Waals surface area (Å²) in [4.78, 5) is 15.3. The molecule has 176 valence electrons. The Morgan fingerprint density at radius 2 is 1.88 bits per heavy atom. The minimum Gasteiger partial charge on any atom is -0.487 e. The van der Waals surface area contributed by atoms with Crippen LogP contribution in [0.2, 0.25) is 5.02 Å². The number of hydrogen-bond acceptors (Lipinski definition) is 5. The molecule has 0 radical (unpaired) electrons. The Morgan fingerprint density at radius 1 is 1.09 bits per heavy atom. The van der Waals surface area contributed by atoms with Gasteiger partial charge in [0.1, 0.15) is 29.8 Å². The van der Waals surface area contributed by atoms with Crippen molar-refractivity contribution in [3.63, 3.8) is 0 Å². The average molecular weight is 503 g/mol. The van der Waals surface area contributed by atoms with E-state index in [1.165, 1.54) is 12.1 Å². The molecule has 0 saturated carbocycles. The third kappa shape index (κ3) is 5.21. The fraction of sp³-hybridized carbons (Fsp3) is 0.240. The molecule has 0 N–H and O–H groups in total. The topological polar surface area (TPSA) is 51.1 Å². The summed E-state index contributed by atoms with van der Waals surface area (Å²) in [6, 6.07) is 7.02. The highest BCUT2D eigenvalue weighted by Gasteiger charge is 2.22. The minimum atomic E-state index is -0.670. The molecule has 1 aliphatic rings. The number of halogens is 4. The predicted octanol–water partition coefficient (Wildman–Crippen LogP) is 6.98. The van der Waals surface area contributed by atoms with Crippen molar-refractivity contribution in [1.82, 2.24) is 15.0 Å². The first-order valence-electron chi connectivity index (χ1n) is 10.6. The Labute approximate surface area is 206 Å². The summed E-state index contributed by atoms with van der Waals surface area (Å²) >= 11 is 13.0. The molecule has 0 unspecified atom stereocenters. The predicted molar refractivity (Wildman–Crippen MR) is 129 cm³/mol. The van der Waals surface area contributed by atoms with Gasteiger partial charge in [0.25, 0.3) is 0 Å². The molecule has 1 aromatic carbocycles. The van der Waals surface area contributed by atoms with Crippen molar-refractivity contribution >= 4 is 28.9 Å². The minimum absolute atomic E-state index is 0.0759. The number of rotatable bonds is 6. The van der Waals surface area contributed by atoms with Gasteiger partial charge in [-0.05, 0) is 31.2 Å². The highest BCUT2D eigenvalue weighted by atomic mass is 35.5. The van der Waals surface area contributed by atoms with E-state index in [1.54, 1.807) is 24.5 Å². The summed E-state index contributed by atoms with van der Waals surface area (Å²) < 4.78 is 32.8. The van der Waals surface area contributed by atoms with Crippen LogP contribution in [0, 0.1) is 11.6 Å². The van der Waals surface area contributed by atoms with E-state index in [0.717, 1.165) is 17.6 Å². The summed E-state index contributed by atoms with van der Waals surface area (Å²) in [5.41, 5.74) is 3.13. The van der Waals surface area contributed by atoms with Gasteiger partial charge in [0.05, 0.1) is 33.7 Å². The Balaban J connectivity index is 1.57. The molecular weight excluding hydrogens is 481 g/mol. The molecule has 34 heavy (non-hydrogen) atoms. The lowest BCUT2D eigenvalue weighted by atomic mass is 10.1. The maximum absolute atomic E-state index is 13.9. The van der Waals surface area contributed by atoms with Gasteiger partial charge in [0.15, 0.2) is 0 Å². The van der Waals surface area contributed by atoms with Crippen molar-refractivity contribution in [3.8, 4) is 11.4 Å². The molecular formula is C25H22Cl2F2N4O. The quantitative estimate of drug-likeness (QED) is 0.363. The Morgan fingerprint density at radius 3 is 2.62 bits per heavy atom. The van der Waals surface area contributed by atoms with Crippen molar-refractivity contribution in [2.24, 2.45) is 0 Å². The molecule has 0 aliphatic carbocycles. The van der Waals surface area contributed by atoms with E-state index in [-0.39, 0.29) is 18.1 Å². The average Bonchev–Trinajstić information content (AvgIpc) is 2.81. The fourth-order valence-electron chi connectivity index (χ4n) is 3.45. The van der Waals surface area contributed by atoms with Gasteiger partial charge < -0.3 is 9.64 Å². The highest BCUT2D eigenvalue weighted by Crippen LogP contribution is 2.35. The lowest BCUT2D eigenvalue weighted by Crippen LogP contribution is -2.27. The molecule has 4 rings (SSSR count). The van der Waals surface area contributed by atoms with Crippen molar-refractivity contribution in [3.05, 3.63) is 93.3 Å². The first-order chi connectivity index (χ1) is 16.2. The van der Waals surface area contributed by atoms with Gasteiger partial charge in [0, 0.05) is 41.7 Å². The number of pyridine rings is 1. The Kier molecular flexibility index (Phi) is 7.14. The second-order valence-electron chi connectivity index (χ2n) is 8.14. The molecule has 0 fully saturated rings. The van der Waals surface area contributed by atoms with Crippen LogP contribution < -0.4 is 4.90 Å². The van der Waals surface area contributed by atoms with Gasteiger partial charge in [-0.2, -0.15) is 0 Å². The maximum Gasteiger partial charge on any atom is 0.137 e. The van der Waals surface area contributed by atoms with E-state index in [1.807, 2.05) is 31.7 Å². The van der Waals surface area contributed by atoms with Crippen LogP contribution in [0.5, 0.6) is 0 Å². The summed E-state index contributed by atoms with van der Waals surface area (Å²) in [6.07, 6.45) is 5.05. The van der Waals surface area contributed by atoms with Gasteiger partial charge in [-0.15, -0.1) is 0 Å². The molecule has 0 saturated heterocycles. The molecule has 0 bridgehead atoms. The van der Waals surface area contributed by atoms with Crippen LogP contribution in [-0.4, -0.2) is 21.5 Å². The zero-order chi connectivity index (χ0) is 24.4. The van der Waals surface area contributed by atoms with Gasteiger partial charge in [-0.1, -0.05) is 37.0 Å². The number of anilines is 1. The second kappa shape index (κ2) is 10.1. The molecule has 0 amide bonds. The SMILES string of the molecule is CC1=CC(OCc2ccc(F)cc2F)=C(Cl)CN1c1cc(-c2ccnc(C(C)C)n2)ncc1Cl. The second-order valence-corrected chi connectivity index (χ2v) is 9.00. The van der Waals surface area contributed by atoms with E-state index >= 15 is 0 Å². The summed E-state index contributed by atoms with van der Waals surface area (Å²) in [6.45, 7) is 6.17. The van der Waals surface area contributed by atoms with Crippen molar-refractivity contribution in [2.75, 3.05) is 11.4 Å². The Hall–Kier alpha value is -3.03. The number of hydrogen-bond donors (Lipinski definition) is 0. The van der Waals surface area contributed by atoms with Crippen LogP contribution in [0.1, 0.15) is 38.1 Å². The zero-order valence-electron chi connectivity index (χ0n) is 18.8. The normalized spacial score (nSPS) is 14.0. The number of ether oxygens (including phenoxy) is 1. The standard InChI is InChI=1S/C25H22Cl2F2N4O/c1-14(2)25-30-7-6-21(32-25)22-10-23(18(26)11-31-22)33-12-19(27)24(8-15(33)3)34-13-16-4-5-17(28)9-20(16)29/h4-11,14H,12-13H2,1-3H3. The van der Waals surface area contributed by atoms with Gasteiger partial charge in [-0.25, -0.2) is 18.7 Å². The van der Waals surface area contributed by atoms with Gasteiger partial charge in [0.2, 0.25) is 0 Å². The smallest absolute Gasteiger partial charge is 0.137 e. The molecule has 2 aromatic heterocycles. The van der Waals surface area contributed by atoms with Crippen molar-refractivity contribution < 1.29 is 13.5 Å². The number of allylic oxidation sites excluding steroid dienone is 2. The first-order valence-corrected chi connectivity index (χ1v) is 11.4. The zero-order valence-corrected chi connectivity index (χ0v) is 20.3. The molecule has 1 aliphatic heterocycles. The lowest BCUT2D eigenvalue weighted by Gasteiger charge is -2.30. The van der Waals surface area contributed by atoms with Crippen molar-refractivity contribution in [2.45, 2.75) is 33.3 Å². The molecule has 3 aromatic rings. The highest BCUT2D eigenvalue weighted by molar-refractivity contribution is 6.33. The number of aromatic nitrogens is 3. The fourth-order valence-corrected chi connectivity index (χ4v) is 3.88. The third-order valence-corrected chi connectivity index (χ3v) is 5.90. The van der Waals surface area contributed by atoms with Crippen LogP contribution in [0.3, 0.4) is 0 Å². The van der Waals surface area contributed by atoms with Crippen LogP contribution in [0.4, 0.5) is 14.5 Å². The molecule has 0 spiro atoms. The number of benzene rings is 1. The largest absolute Gasteiger partial charge is 0.487 e. The van der Waals surface area contributed by atoms with Crippen LogP contribution in [0.25, 0.3) is 11.4 Å². The molecule has 9 heteroatoms.